The van der Waals surface area contributed by atoms with E-state index < -0.39 is 0 Å². The van der Waals surface area contributed by atoms with Crippen LogP contribution in [0, 0.1) is 6.92 Å². The number of aryl methyl sites for hydroxylation is 1. The van der Waals surface area contributed by atoms with E-state index in [1.165, 1.54) is 50.3 Å². The molecule has 0 aromatic heterocycles. The van der Waals surface area contributed by atoms with Crippen molar-refractivity contribution in [3.63, 3.8) is 0 Å². The van der Waals surface area contributed by atoms with E-state index in [1.54, 1.807) is 0 Å². The molecule has 4 aromatic rings. The van der Waals surface area contributed by atoms with Gasteiger partial charge in [0.05, 0.1) is 25.9 Å². The maximum Gasteiger partial charge on any atom is 0.123 e. The summed E-state index contributed by atoms with van der Waals surface area (Å²) in [5.41, 5.74) is 12.0. The van der Waals surface area contributed by atoms with Gasteiger partial charge in [0.1, 0.15) is 5.75 Å². The molecule has 0 spiro atoms. The summed E-state index contributed by atoms with van der Waals surface area (Å²) < 4.78 is 6.04. The molecule has 0 unspecified atom stereocenters. The zero-order valence-corrected chi connectivity index (χ0v) is 30.4. The first-order valence-corrected chi connectivity index (χ1v) is 17.1. The highest BCUT2D eigenvalue weighted by molar-refractivity contribution is 5.69. The smallest absolute Gasteiger partial charge is 0.123 e. The van der Waals surface area contributed by atoms with Gasteiger partial charge in [-0.05, 0) is 81.2 Å². The molecule has 1 heterocycles. The van der Waals surface area contributed by atoms with Crippen molar-refractivity contribution in [3.8, 4) is 5.75 Å². The third-order valence-electron chi connectivity index (χ3n) is 9.76. The van der Waals surface area contributed by atoms with E-state index in [-0.39, 0.29) is 22.9 Å². The molecular formula is C43H56N2O. The molecule has 0 N–H and O–H groups in total. The lowest BCUT2D eigenvalue weighted by Gasteiger charge is -2.34. The summed E-state index contributed by atoms with van der Waals surface area (Å²) in [6, 6.07) is 32.3. The minimum Gasteiger partial charge on any atom is -0.496 e. The molecule has 2 atom stereocenters. The lowest BCUT2D eigenvalue weighted by atomic mass is 9.81. The fourth-order valence-corrected chi connectivity index (χ4v) is 7.45. The lowest BCUT2D eigenvalue weighted by molar-refractivity contribution is 0.396. The van der Waals surface area contributed by atoms with Crippen LogP contribution in [0.3, 0.4) is 0 Å². The van der Waals surface area contributed by atoms with Gasteiger partial charge in [-0.25, -0.2) is 0 Å². The van der Waals surface area contributed by atoms with Crippen LogP contribution in [-0.2, 0) is 10.8 Å². The van der Waals surface area contributed by atoms with Crippen molar-refractivity contribution in [2.24, 2.45) is 0 Å². The summed E-state index contributed by atoms with van der Waals surface area (Å²) in [5.74, 6) is 1.70. The Morgan fingerprint density at radius 2 is 1.02 bits per heavy atom. The second-order valence-corrected chi connectivity index (χ2v) is 15.9. The molecule has 4 aromatic carbocycles. The minimum atomic E-state index is -0.0700. The van der Waals surface area contributed by atoms with E-state index in [2.05, 4.69) is 171 Å². The molecule has 5 rings (SSSR count). The Morgan fingerprint density at radius 1 is 0.609 bits per heavy atom. The Balaban J connectivity index is 1.86. The first-order chi connectivity index (χ1) is 21.6. The van der Waals surface area contributed by atoms with Gasteiger partial charge in [-0.1, -0.05) is 136 Å². The molecule has 0 radical (unpaired) electrons. The molecule has 0 amide bonds. The highest BCUT2D eigenvalue weighted by Crippen LogP contribution is 2.52. The number of ether oxygens (including phenoxy) is 1. The van der Waals surface area contributed by atoms with E-state index in [0.29, 0.717) is 11.8 Å². The van der Waals surface area contributed by atoms with Crippen LogP contribution in [0.2, 0.25) is 0 Å². The van der Waals surface area contributed by atoms with Crippen molar-refractivity contribution in [1.82, 2.24) is 0 Å². The van der Waals surface area contributed by atoms with Gasteiger partial charge < -0.3 is 14.5 Å². The van der Waals surface area contributed by atoms with Crippen molar-refractivity contribution in [1.29, 1.82) is 0 Å². The van der Waals surface area contributed by atoms with Gasteiger partial charge in [-0.3, -0.25) is 0 Å². The van der Waals surface area contributed by atoms with Gasteiger partial charge in [-0.2, -0.15) is 0 Å². The van der Waals surface area contributed by atoms with Crippen LogP contribution in [0.4, 0.5) is 11.4 Å². The average molecular weight is 617 g/mol. The number of hydrogen-bond donors (Lipinski definition) is 0. The molecule has 1 aliphatic rings. The van der Waals surface area contributed by atoms with E-state index in [0.717, 1.165) is 12.4 Å². The molecule has 1 fully saturated rings. The molecule has 0 aliphatic carbocycles. The van der Waals surface area contributed by atoms with E-state index in [9.17, 15) is 0 Å². The molecular weight excluding hydrogens is 560 g/mol. The van der Waals surface area contributed by atoms with E-state index >= 15 is 0 Å². The molecule has 3 nitrogen and oxygen atoms in total. The first-order valence-electron chi connectivity index (χ1n) is 17.1. The van der Waals surface area contributed by atoms with Crippen LogP contribution >= 0.6 is 0 Å². The fraction of sp³-hybridized carbons (Fsp3) is 0.442. The van der Waals surface area contributed by atoms with Gasteiger partial charge in [0.25, 0.3) is 0 Å². The number of methoxy groups -OCH3 is 1. The number of anilines is 2. The maximum atomic E-state index is 6.04. The molecule has 1 saturated heterocycles. The second-order valence-electron chi connectivity index (χ2n) is 15.9. The van der Waals surface area contributed by atoms with E-state index in [1.807, 2.05) is 7.11 Å². The van der Waals surface area contributed by atoms with Crippen LogP contribution in [0.1, 0.15) is 132 Å². The monoisotopic (exact) mass is 616 g/mol. The van der Waals surface area contributed by atoms with Crippen LogP contribution in [0.25, 0.3) is 0 Å². The Hall–Kier alpha value is -3.72. The SMILES string of the molecule is COc1cc(C(C)C)c(N2CN(c3cc(C(C)(C)C)c(C)cc3C(C)C)[C@H](c3ccccc3)[C@H]2c2ccccc2)cc1C(C)(C)C. The predicted octanol–water partition coefficient (Wildman–Crippen LogP) is 11.6. The maximum absolute atomic E-state index is 6.04. The molecule has 244 valence electrons. The van der Waals surface area contributed by atoms with Gasteiger partial charge in [-0.15, -0.1) is 0 Å². The lowest BCUT2D eigenvalue weighted by Crippen LogP contribution is -2.29. The van der Waals surface area contributed by atoms with Crippen LogP contribution in [-0.4, -0.2) is 13.8 Å². The van der Waals surface area contributed by atoms with Crippen molar-refractivity contribution in [2.75, 3.05) is 23.6 Å². The third-order valence-corrected chi connectivity index (χ3v) is 9.76. The number of benzene rings is 4. The summed E-state index contributed by atoms with van der Waals surface area (Å²) in [6.07, 6.45) is 0. The first kappa shape index (κ1) is 33.6. The largest absolute Gasteiger partial charge is 0.496 e. The zero-order chi connectivity index (χ0) is 33.6. The Kier molecular flexibility index (Phi) is 9.37. The number of hydrogen-bond acceptors (Lipinski definition) is 3. The Bertz CT molecular complexity index is 1640. The quantitative estimate of drug-likeness (QED) is 0.205. The highest BCUT2D eigenvalue weighted by Gasteiger charge is 2.44. The van der Waals surface area contributed by atoms with Crippen LogP contribution in [0.5, 0.6) is 5.75 Å². The van der Waals surface area contributed by atoms with Crippen LogP contribution in [0.15, 0.2) is 84.9 Å². The highest BCUT2D eigenvalue weighted by atomic mass is 16.5. The summed E-state index contributed by atoms with van der Waals surface area (Å²) >= 11 is 0. The molecule has 0 bridgehead atoms. The topological polar surface area (TPSA) is 15.7 Å². The average Bonchev–Trinajstić information content (AvgIpc) is 3.40. The second kappa shape index (κ2) is 12.8. The zero-order valence-electron chi connectivity index (χ0n) is 30.4. The molecule has 0 saturated carbocycles. The minimum absolute atomic E-state index is 0.0389. The Labute approximate surface area is 279 Å². The number of rotatable bonds is 7. The summed E-state index contributed by atoms with van der Waals surface area (Å²) in [5, 5.41) is 0. The van der Waals surface area contributed by atoms with Gasteiger partial charge >= 0.3 is 0 Å². The van der Waals surface area contributed by atoms with Gasteiger partial charge in [0.2, 0.25) is 0 Å². The van der Waals surface area contributed by atoms with Crippen molar-refractivity contribution in [3.05, 3.63) is 124 Å². The van der Waals surface area contributed by atoms with Crippen LogP contribution < -0.4 is 14.5 Å². The molecule has 46 heavy (non-hydrogen) atoms. The third kappa shape index (κ3) is 6.43. The predicted molar refractivity (Wildman–Crippen MR) is 198 cm³/mol. The number of nitrogens with zero attached hydrogens (tertiary/aromatic N) is 2. The standard InChI is InChI=1S/C43H56N2O/c1-28(2)33-23-30(5)35(42(6,7)8)25-37(33)44-27-45(38-26-36(43(9,10)11)39(46-12)24-34(38)29(3)4)41(32-21-17-14-18-22-32)40(44)31-19-15-13-16-20-31/h13-26,28-29,40-41H,27H2,1-12H3/t40-,41-/m1/s1. The summed E-state index contributed by atoms with van der Waals surface area (Å²) in [6.45, 7) is 26.2. The van der Waals surface area contributed by atoms with Crippen molar-refractivity contribution >= 4 is 11.4 Å². The Morgan fingerprint density at radius 3 is 1.41 bits per heavy atom. The van der Waals surface area contributed by atoms with E-state index in [4.69, 9.17) is 4.74 Å². The van der Waals surface area contributed by atoms with Crippen molar-refractivity contribution < 1.29 is 4.74 Å². The summed E-state index contributed by atoms with van der Waals surface area (Å²) in [7, 11) is 1.81. The summed E-state index contributed by atoms with van der Waals surface area (Å²) in [4.78, 5) is 5.40. The molecule has 3 heteroatoms. The van der Waals surface area contributed by atoms with Gasteiger partial charge in [0, 0.05) is 16.9 Å². The fourth-order valence-electron chi connectivity index (χ4n) is 7.45. The molecule has 1 aliphatic heterocycles. The normalized spacial score (nSPS) is 17.3. The van der Waals surface area contributed by atoms with Crippen molar-refractivity contribution in [2.45, 2.75) is 111 Å². The van der Waals surface area contributed by atoms with Gasteiger partial charge in [0.15, 0.2) is 0 Å².